The van der Waals surface area contributed by atoms with Gasteiger partial charge in [0.25, 0.3) is 0 Å². The number of hydrogen-bond donors (Lipinski definition) is 0. The van der Waals surface area contributed by atoms with E-state index in [0.717, 1.165) is 22.5 Å². The third-order valence-electron chi connectivity index (χ3n) is 2.37. The van der Waals surface area contributed by atoms with Crippen LogP contribution in [0.15, 0.2) is 12.5 Å². The zero-order valence-electron chi connectivity index (χ0n) is 8.90. The van der Waals surface area contributed by atoms with Crippen LogP contribution in [0.4, 0.5) is 5.82 Å². The van der Waals surface area contributed by atoms with E-state index in [0.29, 0.717) is 4.75 Å². The Morgan fingerprint density at radius 3 is 3.00 bits per heavy atom. The Kier molecular flexibility index (Phi) is 3.39. The van der Waals surface area contributed by atoms with Gasteiger partial charge >= 0.3 is 0 Å². The van der Waals surface area contributed by atoms with Crippen LogP contribution in [0.3, 0.4) is 0 Å². The molecule has 3 nitrogen and oxygen atoms in total. The smallest absolute Gasteiger partial charge is 0.145 e. The maximum absolute atomic E-state index is 4.37. The summed E-state index contributed by atoms with van der Waals surface area (Å²) in [5, 5.41) is 0. The third kappa shape index (κ3) is 2.75. The van der Waals surface area contributed by atoms with Crippen molar-refractivity contribution in [1.82, 2.24) is 9.97 Å². The number of rotatable bonds is 1. The Labute approximate surface area is 108 Å². The van der Waals surface area contributed by atoms with E-state index in [2.05, 4.69) is 51.3 Å². The number of thioether (sulfide) groups is 1. The number of aromatic nitrogens is 2. The topological polar surface area (TPSA) is 29.0 Å². The molecular formula is C10H14IN3S. The molecule has 0 aromatic carbocycles. The van der Waals surface area contributed by atoms with Crippen molar-refractivity contribution in [2.24, 2.45) is 0 Å². The lowest BCUT2D eigenvalue weighted by molar-refractivity contribution is 0.640. The molecule has 0 amide bonds. The second-order valence-electron chi connectivity index (χ2n) is 4.22. The molecule has 1 aliphatic heterocycles. The van der Waals surface area contributed by atoms with Crippen molar-refractivity contribution < 1.29 is 0 Å². The Bertz CT molecular complexity index is 356. The maximum Gasteiger partial charge on any atom is 0.145 e. The first-order valence-corrected chi connectivity index (χ1v) is 6.99. The van der Waals surface area contributed by atoms with Crippen LogP contribution < -0.4 is 4.90 Å². The lowest BCUT2D eigenvalue weighted by Crippen LogP contribution is -2.43. The Hall–Kier alpha value is -0.0400. The number of hydrogen-bond acceptors (Lipinski definition) is 4. The van der Waals surface area contributed by atoms with E-state index in [-0.39, 0.29) is 0 Å². The van der Waals surface area contributed by atoms with Crippen molar-refractivity contribution in [3.63, 3.8) is 0 Å². The summed E-state index contributed by atoms with van der Waals surface area (Å²) < 4.78 is 1.46. The van der Waals surface area contributed by atoms with E-state index in [9.17, 15) is 0 Å². The lowest BCUT2D eigenvalue weighted by Gasteiger charge is -2.38. The van der Waals surface area contributed by atoms with Gasteiger partial charge in [0.1, 0.15) is 12.1 Å². The number of anilines is 1. The summed E-state index contributed by atoms with van der Waals surface area (Å²) in [6.45, 7) is 6.72. The van der Waals surface area contributed by atoms with E-state index in [4.69, 9.17) is 0 Å². The van der Waals surface area contributed by atoms with Gasteiger partial charge in [0, 0.05) is 29.8 Å². The zero-order valence-corrected chi connectivity index (χ0v) is 11.9. The van der Waals surface area contributed by atoms with Crippen molar-refractivity contribution in [2.45, 2.75) is 18.6 Å². The molecule has 0 unspecified atom stereocenters. The van der Waals surface area contributed by atoms with Crippen LogP contribution >= 0.6 is 34.4 Å². The second kappa shape index (κ2) is 4.45. The van der Waals surface area contributed by atoms with Gasteiger partial charge in [-0.3, -0.25) is 0 Å². The van der Waals surface area contributed by atoms with Crippen molar-refractivity contribution in [3.05, 3.63) is 16.1 Å². The highest BCUT2D eigenvalue weighted by Crippen LogP contribution is 2.32. The molecule has 15 heavy (non-hydrogen) atoms. The highest BCUT2D eigenvalue weighted by Gasteiger charge is 2.28. The standard InChI is InChI=1S/C10H14IN3S/c1-10(2)6-14(3-4-15-10)9-8(11)5-12-7-13-9/h5,7H,3-4,6H2,1-2H3. The van der Waals surface area contributed by atoms with Crippen molar-refractivity contribution >= 4 is 40.2 Å². The molecule has 5 heteroatoms. The maximum atomic E-state index is 4.37. The van der Waals surface area contributed by atoms with Crippen LogP contribution in [0.2, 0.25) is 0 Å². The molecule has 1 aromatic rings. The molecule has 2 rings (SSSR count). The van der Waals surface area contributed by atoms with E-state index in [1.54, 1.807) is 6.33 Å². The SMILES string of the molecule is CC1(C)CN(c2ncncc2I)CCS1. The molecule has 0 N–H and O–H groups in total. The average molecular weight is 335 g/mol. The van der Waals surface area contributed by atoms with E-state index in [1.807, 2.05) is 18.0 Å². The van der Waals surface area contributed by atoms with Crippen molar-refractivity contribution in [2.75, 3.05) is 23.7 Å². The minimum atomic E-state index is 0.326. The first-order valence-electron chi connectivity index (χ1n) is 4.93. The summed E-state index contributed by atoms with van der Waals surface area (Å²) in [7, 11) is 0. The number of halogens is 1. The lowest BCUT2D eigenvalue weighted by atomic mass is 10.2. The fourth-order valence-electron chi connectivity index (χ4n) is 1.74. The summed E-state index contributed by atoms with van der Waals surface area (Å²) in [6.07, 6.45) is 3.50. The van der Waals surface area contributed by atoms with Gasteiger partial charge in [0.2, 0.25) is 0 Å². The molecule has 2 heterocycles. The minimum absolute atomic E-state index is 0.326. The molecule has 0 saturated carbocycles. The predicted molar refractivity (Wildman–Crippen MR) is 73.5 cm³/mol. The van der Waals surface area contributed by atoms with E-state index in [1.165, 1.54) is 5.75 Å². The Morgan fingerprint density at radius 1 is 1.53 bits per heavy atom. The van der Waals surface area contributed by atoms with Gasteiger partial charge in [-0.1, -0.05) is 0 Å². The normalized spacial score (nSPS) is 20.3. The summed E-state index contributed by atoms with van der Waals surface area (Å²) in [5.74, 6) is 2.26. The van der Waals surface area contributed by atoms with Gasteiger partial charge in [0.15, 0.2) is 0 Å². The molecule has 0 radical (unpaired) electrons. The minimum Gasteiger partial charge on any atom is -0.353 e. The highest BCUT2D eigenvalue weighted by molar-refractivity contribution is 14.1. The predicted octanol–water partition coefficient (Wildman–Crippen LogP) is 2.41. The zero-order chi connectivity index (χ0) is 10.9. The number of nitrogens with zero attached hydrogens (tertiary/aromatic N) is 3. The molecule has 0 atom stereocenters. The van der Waals surface area contributed by atoms with Crippen molar-refractivity contribution in [3.8, 4) is 0 Å². The molecular weight excluding hydrogens is 321 g/mol. The van der Waals surface area contributed by atoms with Gasteiger partial charge < -0.3 is 4.90 Å². The first-order chi connectivity index (χ1) is 7.08. The molecule has 0 bridgehead atoms. The third-order valence-corrected chi connectivity index (χ3v) is 4.43. The van der Waals surface area contributed by atoms with Crippen LogP contribution in [-0.4, -0.2) is 33.6 Å². The van der Waals surface area contributed by atoms with E-state index >= 15 is 0 Å². The van der Waals surface area contributed by atoms with Crippen LogP contribution in [-0.2, 0) is 0 Å². The summed E-state index contributed by atoms with van der Waals surface area (Å²) >= 11 is 4.34. The molecule has 1 aliphatic rings. The summed E-state index contributed by atoms with van der Waals surface area (Å²) in [4.78, 5) is 10.8. The van der Waals surface area contributed by atoms with Crippen LogP contribution in [0.1, 0.15) is 13.8 Å². The summed E-state index contributed by atoms with van der Waals surface area (Å²) in [6, 6.07) is 0. The summed E-state index contributed by atoms with van der Waals surface area (Å²) in [5.41, 5.74) is 0. The molecule has 0 spiro atoms. The first kappa shape index (κ1) is 11.4. The molecule has 82 valence electrons. The Balaban J connectivity index is 2.21. The average Bonchev–Trinajstić information content (AvgIpc) is 2.17. The Morgan fingerprint density at radius 2 is 2.33 bits per heavy atom. The van der Waals surface area contributed by atoms with Crippen molar-refractivity contribution in [1.29, 1.82) is 0 Å². The van der Waals surface area contributed by atoms with Crippen LogP contribution in [0, 0.1) is 3.57 Å². The second-order valence-corrected chi connectivity index (χ2v) is 7.19. The van der Waals surface area contributed by atoms with E-state index < -0.39 is 0 Å². The molecule has 0 aliphatic carbocycles. The van der Waals surface area contributed by atoms with Gasteiger partial charge in [-0.05, 0) is 36.4 Å². The fraction of sp³-hybridized carbons (Fsp3) is 0.600. The molecule has 1 fully saturated rings. The van der Waals surface area contributed by atoms with Crippen LogP contribution in [0.5, 0.6) is 0 Å². The highest BCUT2D eigenvalue weighted by atomic mass is 127. The molecule has 1 aromatic heterocycles. The largest absolute Gasteiger partial charge is 0.353 e. The fourth-order valence-corrected chi connectivity index (χ4v) is 3.49. The quantitative estimate of drug-likeness (QED) is 0.737. The van der Waals surface area contributed by atoms with Gasteiger partial charge in [-0.25, -0.2) is 9.97 Å². The monoisotopic (exact) mass is 335 g/mol. The van der Waals surface area contributed by atoms with Gasteiger partial charge in [0.05, 0.1) is 3.57 Å². The molecule has 1 saturated heterocycles. The van der Waals surface area contributed by atoms with Gasteiger partial charge in [-0.15, -0.1) is 0 Å². The van der Waals surface area contributed by atoms with Gasteiger partial charge in [-0.2, -0.15) is 11.8 Å². The van der Waals surface area contributed by atoms with Crippen LogP contribution in [0.25, 0.3) is 0 Å².